The lowest BCUT2D eigenvalue weighted by Crippen LogP contribution is -2.67. The molecule has 31 heavy (non-hydrogen) atoms. The second kappa shape index (κ2) is 5.44. The number of hydrogen-bond acceptors (Lipinski definition) is 9. The van der Waals surface area contributed by atoms with Gasteiger partial charge >= 0.3 is 11.9 Å². The maximum absolute atomic E-state index is 13.7. The quantitative estimate of drug-likeness (QED) is 0.625. The molecule has 9 nitrogen and oxygen atoms in total. The average molecular weight is 438 g/mol. The monoisotopic (exact) mass is 438 g/mol. The zero-order valence-corrected chi connectivity index (χ0v) is 18.7. The molecular formula is C22H30O9. The second-order valence-electron chi connectivity index (χ2n) is 11.1. The number of esters is 2. The number of aliphatic hydroxyl groups excluding tert-OH is 1. The molecule has 6 fully saturated rings. The summed E-state index contributed by atoms with van der Waals surface area (Å²) in [5.74, 6) is -1.66. The third kappa shape index (κ3) is 1.62. The van der Waals surface area contributed by atoms with Crippen molar-refractivity contribution in [3.63, 3.8) is 0 Å². The van der Waals surface area contributed by atoms with Crippen LogP contribution in [0.1, 0.15) is 40.5 Å². The van der Waals surface area contributed by atoms with Crippen LogP contribution in [-0.2, 0) is 38.0 Å². The van der Waals surface area contributed by atoms with Crippen LogP contribution in [0.4, 0.5) is 0 Å². The lowest BCUT2D eigenvalue weighted by molar-refractivity contribution is -0.245. The number of hydrogen-bond donors (Lipinski definition) is 1. The van der Waals surface area contributed by atoms with Gasteiger partial charge in [-0.25, -0.2) is 9.59 Å². The van der Waals surface area contributed by atoms with Gasteiger partial charge in [-0.2, -0.15) is 0 Å². The molecule has 6 aliphatic rings. The maximum Gasteiger partial charge on any atom is 0.342 e. The summed E-state index contributed by atoms with van der Waals surface area (Å²) in [5, 5.41) is 10.6. The number of aliphatic hydroxyl groups is 1. The van der Waals surface area contributed by atoms with Gasteiger partial charge in [0.15, 0.2) is 12.4 Å². The normalized spacial score (nSPS) is 58.7. The van der Waals surface area contributed by atoms with Crippen molar-refractivity contribution < 1.29 is 43.1 Å². The van der Waals surface area contributed by atoms with Gasteiger partial charge in [0.2, 0.25) is 11.9 Å². The fourth-order valence-electron chi connectivity index (χ4n) is 8.89. The Morgan fingerprint density at radius 2 is 1.84 bits per heavy atom. The van der Waals surface area contributed by atoms with E-state index in [1.54, 1.807) is 6.92 Å². The van der Waals surface area contributed by atoms with Crippen LogP contribution in [0.15, 0.2) is 0 Å². The average Bonchev–Trinajstić information content (AvgIpc) is 3.39. The number of fused-ring (bicyclic) bond motifs is 1. The van der Waals surface area contributed by atoms with Gasteiger partial charge in [0, 0.05) is 20.1 Å². The number of rotatable bonds is 2. The summed E-state index contributed by atoms with van der Waals surface area (Å²) in [7, 11) is 3.01. The highest BCUT2D eigenvalue weighted by atomic mass is 16.8. The van der Waals surface area contributed by atoms with Crippen molar-refractivity contribution in [2.45, 2.75) is 82.6 Å². The molecule has 4 aliphatic heterocycles. The Labute approximate surface area is 180 Å². The second-order valence-corrected chi connectivity index (χ2v) is 11.1. The van der Waals surface area contributed by atoms with E-state index in [9.17, 15) is 14.7 Å². The van der Waals surface area contributed by atoms with Gasteiger partial charge in [0.25, 0.3) is 0 Å². The Balaban J connectivity index is 1.69. The first-order valence-electron chi connectivity index (χ1n) is 11.0. The molecule has 2 spiro atoms. The van der Waals surface area contributed by atoms with Gasteiger partial charge in [-0.3, -0.25) is 0 Å². The molecule has 4 heterocycles. The fourth-order valence-corrected chi connectivity index (χ4v) is 8.89. The molecule has 0 aromatic carbocycles. The molecular weight excluding hydrogens is 408 g/mol. The maximum atomic E-state index is 13.7. The van der Waals surface area contributed by atoms with E-state index in [1.165, 1.54) is 14.2 Å². The van der Waals surface area contributed by atoms with E-state index in [1.807, 2.05) is 0 Å². The molecule has 0 aromatic heterocycles. The molecule has 7 unspecified atom stereocenters. The van der Waals surface area contributed by atoms with Crippen molar-refractivity contribution in [2.75, 3.05) is 14.2 Å². The molecule has 2 saturated carbocycles. The summed E-state index contributed by atoms with van der Waals surface area (Å²) in [6, 6.07) is 0. The van der Waals surface area contributed by atoms with Crippen molar-refractivity contribution in [2.24, 2.45) is 28.1 Å². The molecule has 1 N–H and O–H groups in total. The Bertz CT molecular complexity index is 883. The Hall–Kier alpha value is -1.26. The van der Waals surface area contributed by atoms with E-state index in [0.29, 0.717) is 12.8 Å². The van der Waals surface area contributed by atoms with Crippen LogP contribution in [-0.4, -0.2) is 73.4 Å². The van der Waals surface area contributed by atoms with Crippen LogP contribution in [0.25, 0.3) is 0 Å². The summed E-state index contributed by atoms with van der Waals surface area (Å²) in [6.45, 7) is 8.14. The highest BCUT2D eigenvalue weighted by molar-refractivity contribution is 5.91. The van der Waals surface area contributed by atoms with Crippen LogP contribution >= 0.6 is 0 Å². The van der Waals surface area contributed by atoms with Crippen LogP contribution in [0.3, 0.4) is 0 Å². The van der Waals surface area contributed by atoms with Crippen molar-refractivity contribution in [1.29, 1.82) is 0 Å². The predicted molar refractivity (Wildman–Crippen MR) is 101 cm³/mol. The van der Waals surface area contributed by atoms with E-state index in [2.05, 4.69) is 20.8 Å². The Morgan fingerprint density at radius 3 is 2.45 bits per heavy atom. The summed E-state index contributed by atoms with van der Waals surface area (Å²) in [5.41, 5.74) is -4.98. The van der Waals surface area contributed by atoms with Crippen molar-refractivity contribution >= 4 is 11.9 Å². The topological polar surface area (TPSA) is 110 Å². The first-order chi connectivity index (χ1) is 14.5. The van der Waals surface area contributed by atoms with Crippen molar-refractivity contribution in [3.05, 3.63) is 0 Å². The van der Waals surface area contributed by atoms with E-state index >= 15 is 0 Å². The molecule has 2 aliphatic carbocycles. The predicted octanol–water partition coefficient (Wildman–Crippen LogP) is 0.760. The lowest BCUT2D eigenvalue weighted by Gasteiger charge is -2.48. The minimum Gasteiger partial charge on any atom is -0.459 e. The Morgan fingerprint density at radius 1 is 1.13 bits per heavy atom. The van der Waals surface area contributed by atoms with Crippen LogP contribution in [0, 0.1) is 28.1 Å². The molecule has 172 valence electrons. The van der Waals surface area contributed by atoms with Crippen molar-refractivity contribution in [1.82, 2.24) is 0 Å². The molecule has 0 radical (unpaired) electrons. The number of carbonyl (C=O) groups excluding carboxylic acids is 2. The van der Waals surface area contributed by atoms with Crippen LogP contribution < -0.4 is 0 Å². The minimum atomic E-state index is -1.57. The van der Waals surface area contributed by atoms with Gasteiger partial charge in [-0.1, -0.05) is 27.7 Å². The van der Waals surface area contributed by atoms with Gasteiger partial charge < -0.3 is 33.5 Å². The summed E-state index contributed by atoms with van der Waals surface area (Å²) in [6.07, 6.45) is -3.16. The third-order valence-electron chi connectivity index (χ3n) is 9.62. The zero-order chi connectivity index (χ0) is 22.4. The van der Waals surface area contributed by atoms with E-state index in [4.69, 9.17) is 28.4 Å². The van der Waals surface area contributed by atoms with Gasteiger partial charge in [0.1, 0.15) is 11.7 Å². The summed E-state index contributed by atoms with van der Waals surface area (Å²) in [4.78, 5) is 26.7. The fraction of sp³-hybridized carbons (Fsp3) is 0.909. The third-order valence-corrected chi connectivity index (χ3v) is 9.62. The summed E-state index contributed by atoms with van der Waals surface area (Å²) < 4.78 is 36.3. The van der Waals surface area contributed by atoms with Gasteiger partial charge in [-0.15, -0.1) is 0 Å². The largest absolute Gasteiger partial charge is 0.459 e. The van der Waals surface area contributed by atoms with Crippen LogP contribution in [0.5, 0.6) is 0 Å². The van der Waals surface area contributed by atoms with E-state index in [0.717, 1.165) is 0 Å². The molecule has 11 atom stereocenters. The molecule has 0 amide bonds. The molecule has 4 saturated heterocycles. The lowest BCUT2D eigenvalue weighted by atomic mass is 9.51. The van der Waals surface area contributed by atoms with E-state index < -0.39 is 70.8 Å². The molecule has 0 bridgehead atoms. The SMILES string of the molecule is CO[C@H]1C(=O)O[C@H]2OC34C(=O)OC5CC(C(C)(C)C)C21C53CC1OC(O)[C@@H](C)[C@@]14OC. The van der Waals surface area contributed by atoms with E-state index in [-0.39, 0.29) is 11.3 Å². The highest BCUT2D eigenvalue weighted by Crippen LogP contribution is 2.85. The zero-order valence-electron chi connectivity index (χ0n) is 18.7. The summed E-state index contributed by atoms with van der Waals surface area (Å²) >= 11 is 0. The van der Waals surface area contributed by atoms with Gasteiger partial charge in [0.05, 0.1) is 16.9 Å². The van der Waals surface area contributed by atoms with Crippen molar-refractivity contribution in [3.8, 4) is 0 Å². The number of methoxy groups -OCH3 is 2. The first kappa shape index (κ1) is 20.4. The minimum absolute atomic E-state index is 0.0886. The van der Waals surface area contributed by atoms with Gasteiger partial charge in [-0.05, 0) is 24.2 Å². The molecule has 6 rings (SSSR count). The van der Waals surface area contributed by atoms with Crippen LogP contribution in [0.2, 0.25) is 0 Å². The highest BCUT2D eigenvalue weighted by Gasteiger charge is 3.01. The molecule has 0 aromatic rings. The smallest absolute Gasteiger partial charge is 0.342 e. The molecule has 9 heteroatoms. The Kier molecular flexibility index (Phi) is 3.57. The standard InChI is InChI=1S/C22H30O9/c1-9-14(23)28-12-8-19-11-7-10(18(2,3)4)20(19)13(26-5)15(24)30-17(20)31-22(19,16(25)29-11)21(9,12)27-6/h9-14,17,23H,7-8H2,1-6H3/t9-,10?,11?,12?,13+,14?,17+,19?,20?,21-,22?/m1/s1. The number of carbonyl (C=O) groups is 2. The first-order valence-corrected chi connectivity index (χ1v) is 11.0. The number of ether oxygens (including phenoxy) is 6.